The second-order valence-corrected chi connectivity index (χ2v) is 4.63. The molecule has 0 bridgehead atoms. The zero-order valence-electron chi connectivity index (χ0n) is 9.32. The Morgan fingerprint density at radius 3 is 2.56 bits per heavy atom. The van der Waals surface area contributed by atoms with Crippen molar-refractivity contribution in [3.63, 3.8) is 0 Å². The van der Waals surface area contributed by atoms with Crippen molar-refractivity contribution in [3.8, 4) is 11.5 Å². The van der Waals surface area contributed by atoms with Crippen LogP contribution in [0.15, 0.2) is 40.9 Å². The summed E-state index contributed by atoms with van der Waals surface area (Å²) in [6.07, 6.45) is 0. The Bertz CT molecular complexity index is 555. The van der Waals surface area contributed by atoms with Gasteiger partial charge in [-0.3, -0.25) is 0 Å². The number of anilines is 1. The van der Waals surface area contributed by atoms with Crippen LogP contribution in [0, 0.1) is 5.82 Å². The maximum Gasteiger partial charge on any atom is 0.157 e. The van der Waals surface area contributed by atoms with Gasteiger partial charge in [-0.1, -0.05) is 12.1 Å². The molecule has 0 aromatic heterocycles. The van der Waals surface area contributed by atoms with Crippen LogP contribution in [0.25, 0.3) is 0 Å². The van der Waals surface area contributed by atoms with Gasteiger partial charge in [0.15, 0.2) is 11.5 Å². The quantitative estimate of drug-likeness (QED) is 0.759. The molecule has 0 saturated heterocycles. The van der Waals surface area contributed by atoms with Crippen LogP contribution in [0.2, 0.25) is 0 Å². The Labute approximate surface area is 112 Å². The zero-order chi connectivity index (χ0) is 13.1. The molecule has 2 aromatic rings. The molecule has 0 atom stereocenters. The summed E-state index contributed by atoms with van der Waals surface area (Å²) in [4.78, 5) is 0. The minimum atomic E-state index is -0.354. The van der Waals surface area contributed by atoms with E-state index in [1.165, 1.54) is 18.2 Å². The Balaban J connectivity index is 2.14. The first-order valence-corrected chi connectivity index (χ1v) is 6.06. The summed E-state index contributed by atoms with van der Waals surface area (Å²) in [6.45, 7) is 0.341. The third kappa shape index (κ3) is 2.73. The Kier molecular flexibility index (Phi) is 3.72. The van der Waals surface area contributed by atoms with E-state index >= 15 is 0 Å². The van der Waals surface area contributed by atoms with Crippen molar-refractivity contribution in [2.45, 2.75) is 6.54 Å². The topological polar surface area (TPSA) is 52.5 Å². The summed E-state index contributed by atoms with van der Waals surface area (Å²) in [6, 6.07) is 9.18. The molecule has 0 aliphatic rings. The van der Waals surface area contributed by atoms with E-state index in [0.717, 1.165) is 5.56 Å². The van der Waals surface area contributed by atoms with Crippen LogP contribution < -0.4 is 5.32 Å². The van der Waals surface area contributed by atoms with E-state index in [0.29, 0.717) is 16.7 Å². The average Bonchev–Trinajstić information content (AvgIpc) is 2.33. The van der Waals surface area contributed by atoms with Gasteiger partial charge in [-0.05, 0) is 45.8 Å². The Hall–Kier alpha value is -1.75. The number of benzene rings is 2. The standard InChI is InChI=1S/C13H11BrFNO2/c14-9-2-1-3-10(15)13(9)16-7-8-4-5-11(17)12(18)6-8/h1-6,16-18H,7H2. The lowest BCUT2D eigenvalue weighted by Gasteiger charge is -2.10. The van der Waals surface area contributed by atoms with Crippen molar-refractivity contribution >= 4 is 21.6 Å². The van der Waals surface area contributed by atoms with Gasteiger partial charge in [0.1, 0.15) is 5.82 Å². The molecule has 0 aliphatic carbocycles. The van der Waals surface area contributed by atoms with Crippen LogP contribution in [-0.2, 0) is 6.54 Å². The Morgan fingerprint density at radius 1 is 1.11 bits per heavy atom. The largest absolute Gasteiger partial charge is 0.504 e. The molecule has 0 spiro atoms. The summed E-state index contributed by atoms with van der Waals surface area (Å²) in [7, 11) is 0. The van der Waals surface area contributed by atoms with E-state index in [1.54, 1.807) is 18.2 Å². The number of phenols is 2. The first-order valence-electron chi connectivity index (χ1n) is 5.26. The number of phenolic OH excluding ortho intramolecular Hbond substituents is 2. The van der Waals surface area contributed by atoms with Crippen LogP contribution in [0.4, 0.5) is 10.1 Å². The molecule has 0 fully saturated rings. The normalized spacial score (nSPS) is 10.3. The lowest BCUT2D eigenvalue weighted by atomic mass is 10.2. The number of rotatable bonds is 3. The molecule has 0 radical (unpaired) electrons. The maximum atomic E-state index is 13.5. The molecular formula is C13H11BrFNO2. The number of hydrogen-bond acceptors (Lipinski definition) is 3. The molecule has 18 heavy (non-hydrogen) atoms. The average molecular weight is 312 g/mol. The van der Waals surface area contributed by atoms with Gasteiger partial charge < -0.3 is 15.5 Å². The van der Waals surface area contributed by atoms with Gasteiger partial charge in [-0.15, -0.1) is 0 Å². The first-order chi connectivity index (χ1) is 8.58. The van der Waals surface area contributed by atoms with Crippen molar-refractivity contribution in [2.24, 2.45) is 0 Å². The molecule has 3 nitrogen and oxygen atoms in total. The number of nitrogens with one attached hydrogen (secondary N) is 1. The second-order valence-electron chi connectivity index (χ2n) is 3.77. The van der Waals surface area contributed by atoms with Gasteiger partial charge in [0.25, 0.3) is 0 Å². The molecule has 0 unspecified atom stereocenters. The fourth-order valence-corrected chi connectivity index (χ4v) is 2.02. The van der Waals surface area contributed by atoms with Crippen LogP contribution in [0.1, 0.15) is 5.56 Å². The smallest absolute Gasteiger partial charge is 0.157 e. The molecule has 2 rings (SSSR count). The lowest BCUT2D eigenvalue weighted by molar-refractivity contribution is 0.403. The highest BCUT2D eigenvalue weighted by molar-refractivity contribution is 9.10. The van der Waals surface area contributed by atoms with E-state index in [2.05, 4.69) is 21.2 Å². The van der Waals surface area contributed by atoms with Crippen LogP contribution in [0.5, 0.6) is 11.5 Å². The van der Waals surface area contributed by atoms with Crippen LogP contribution >= 0.6 is 15.9 Å². The van der Waals surface area contributed by atoms with Gasteiger partial charge in [0.05, 0.1) is 5.69 Å². The highest BCUT2D eigenvalue weighted by Gasteiger charge is 2.06. The molecule has 0 saturated carbocycles. The first kappa shape index (κ1) is 12.7. The monoisotopic (exact) mass is 311 g/mol. The van der Waals surface area contributed by atoms with Crippen LogP contribution in [0.3, 0.4) is 0 Å². The summed E-state index contributed by atoms with van der Waals surface area (Å²) in [5.41, 5.74) is 1.10. The van der Waals surface area contributed by atoms with E-state index in [9.17, 15) is 14.6 Å². The van der Waals surface area contributed by atoms with Gasteiger partial charge in [0, 0.05) is 11.0 Å². The molecule has 0 aliphatic heterocycles. The number of aromatic hydroxyl groups is 2. The molecule has 5 heteroatoms. The summed E-state index contributed by atoms with van der Waals surface area (Å²) in [5.74, 6) is -0.722. The van der Waals surface area contributed by atoms with Gasteiger partial charge >= 0.3 is 0 Å². The van der Waals surface area contributed by atoms with Gasteiger partial charge in [0.2, 0.25) is 0 Å². The van der Waals surface area contributed by atoms with Gasteiger partial charge in [-0.2, -0.15) is 0 Å². The fourth-order valence-electron chi connectivity index (χ4n) is 1.54. The highest BCUT2D eigenvalue weighted by Crippen LogP contribution is 2.28. The second kappa shape index (κ2) is 5.27. The van der Waals surface area contributed by atoms with Crippen molar-refractivity contribution in [2.75, 3.05) is 5.32 Å². The number of hydrogen-bond donors (Lipinski definition) is 3. The third-order valence-electron chi connectivity index (χ3n) is 2.47. The molecule has 94 valence electrons. The minimum absolute atomic E-state index is 0.175. The van der Waals surface area contributed by atoms with Crippen molar-refractivity contribution in [3.05, 3.63) is 52.3 Å². The van der Waals surface area contributed by atoms with E-state index in [-0.39, 0.29) is 17.3 Å². The number of para-hydroxylation sites is 1. The summed E-state index contributed by atoms with van der Waals surface area (Å²) >= 11 is 3.25. The number of halogens is 2. The molecule has 2 aromatic carbocycles. The maximum absolute atomic E-state index is 13.5. The molecule has 0 heterocycles. The molecule has 0 amide bonds. The van der Waals surface area contributed by atoms with Gasteiger partial charge in [-0.25, -0.2) is 4.39 Å². The molecule has 3 N–H and O–H groups in total. The summed E-state index contributed by atoms with van der Waals surface area (Å²) < 4.78 is 14.1. The van der Waals surface area contributed by atoms with E-state index in [1.807, 2.05) is 0 Å². The third-order valence-corrected chi connectivity index (χ3v) is 3.13. The SMILES string of the molecule is Oc1ccc(CNc2c(F)cccc2Br)cc1O. The lowest BCUT2D eigenvalue weighted by Crippen LogP contribution is -2.02. The van der Waals surface area contributed by atoms with Crippen LogP contribution in [-0.4, -0.2) is 10.2 Å². The molecular weight excluding hydrogens is 301 g/mol. The van der Waals surface area contributed by atoms with Crippen molar-refractivity contribution in [1.82, 2.24) is 0 Å². The van der Waals surface area contributed by atoms with E-state index in [4.69, 9.17) is 0 Å². The van der Waals surface area contributed by atoms with Crippen molar-refractivity contribution < 1.29 is 14.6 Å². The summed E-state index contributed by atoms with van der Waals surface area (Å²) in [5, 5.41) is 21.5. The zero-order valence-corrected chi connectivity index (χ0v) is 10.9. The predicted molar refractivity (Wildman–Crippen MR) is 71.2 cm³/mol. The Morgan fingerprint density at radius 2 is 1.89 bits per heavy atom. The minimum Gasteiger partial charge on any atom is -0.504 e. The predicted octanol–water partition coefficient (Wildman–Crippen LogP) is 3.61. The van der Waals surface area contributed by atoms with Crippen molar-refractivity contribution in [1.29, 1.82) is 0 Å². The van der Waals surface area contributed by atoms with E-state index < -0.39 is 0 Å². The highest BCUT2D eigenvalue weighted by atomic mass is 79.9. The fraction of sp³-hybridized carbons (Fsp3) is 0.0769.